The van der Waals surface area contributed by atoms with E-state index in [4.69, 9.17) is 0 Å². The van der Waals surface area contributed by atoms with Crippen molar-refractivity contribution >= 4 is 28.9 Å². The summed E-state index contributed by atoms with van der Waals surface area (Å²) in [5.74, 6) is -2.20. The molecule has 0 spiro atoms. The fourth-order valence-electron chi connectivity index (χ4n) is 1.66. The molecule has 6 nitrogen and oxygen atoms in total. The maximum Gasteiger partial charge on any atom is 0.397 e. The summed E-state index contributed by atoms with van der Waals surface area (Å²) in [4.78, 5) is 27.0. The summed E-state index contributed by atoms with van der Waals surface area (Å²) >= 11 is 0. The molecule has 0 aliphatic heterocycles. The third kappa shape index (κ3) is 4.02. The largest absolute Gasteiger partial charge is 0.459 e. The molecule has 114 valence electrons. The molecule has 2 N–H and O–H groups in total. The first kappa shape index (κ1) is 15.4. The molecule has 7 heteroatoms. The van der Waals surface area contributed by atoms with Gasteiger partial charge >= 0.3 is 11.9 Å². The second-order valence-electron chi connectivity index (χ2n) is 4.23. The lowest BCUT2D eigenvalue weighted by atomic mass is 10.2. The van der Waals surface area contributed by atoms with Crippen LogP contribution in [0.15, 0.2) is 42.7 Å². The topological polar surface area (TPSA) is 80.3 Å². The van der Waals surface area contributed by atoms with E-state index in [1.165, 1.54) is 30.6 Å². The number of hydrogen-bond donors (Lipinski definition) is 2. The molecule has 1 aromatic carbocycles. The molecule has 0 bridgehead atoms. The number of esters is 1. The van der Waals surface area contributed by atoms with Gasteiger partial charge in [0, 0.05) is 11.9 Å². The Bertz CT molecular complexity index is 674. The number of pyridine rings is 1. The Morgan fingerprint density at radius 3 is 2.59 bits per heavy atom. The molecule has 0 aliphatic carbocycles. The monoisotopic (exact) mass is 303 g/mol. The first-order valence-electron chi connectivity index (χ1n) is 6.55. The SMILES string of the molecule is CCOC(=O)C(=O)Nc1ccncc1Nc1ccc(F)cc1. The van der Waals surface area contributed by atoms with Gasteiger partial charge in [0.1, 0.15) is 5.82 Å². The molecule has 0 saturated carbocycles. The highest BCUT2D eigenvalue weighted by atomic mass is 19.1. The smallest absolute Gasteiger partial charge is 0.397 e. The summed E-state index contributed by atoms with van der Waals surface area (Å²) in [6.45, 7) is 1.72. The number of aromatic nitrogens is 1. The fraction of sp³-hybridized carbons (Fsp3) is 0.133. The minimum Gasteiger partial charge on any atom is -0.459 e. The van der Waals surface area contributed by atoms with Crippen LogP contribution in [0.3, 0.4) is 0 Å². The molecule has 1 aromatic heterocycles. The van der Waals surface area contributed by atoms with Crippen molar-refractivity contribution in [3.05, 3.63) is 48.5 Å². The van der Waals surface area contributed by atoms with Crippen LogP contribution in [0.25, 0.3) is 0 Å². The number of benzene rings is 1. The molecule has 0 saturated heterocycles. The number of rotatable bonds is 4. The van der Waals surface area contributed by atoms with Crippen LogP contribution in [0.4, 0.5) is 21.5 Å². The Morgan fingerprint density at radius 1 is 1.18 bits per heavy atom. The summed E-state index contributed by atoms with van der Waals surface area (Å²) in [5, 5.41) is 5.42. The summed E-state index contributed by atoms with van der Waals surface area (Å²) < 4.78 is 17.5. The number of carbonyl (C=O) groups is 2. The highest BCUT2D eigenvalue weighted by Gasteiger charge is 2.16. The molecule has 2 aromatic rings. The number of nitrogens with zero attached hydrogens (tertiary/aromatic N) is 1. The van der Waals surface area contributed by atoms with Gasteiger partial charge in [0.25, 0.3) is 0 Å². The average molecular weight is 303 g/mol. The van der Waals surface area contributed by atoms with Gasteiger partial charge in [-0.2, -0.15) is 0 Å². The van der Waals surface area contributed by atoms with Gasteiger partial charge in [0.05, 0.1) is 24.2 Å². The molecule has 1 heterocycles. The van der Waals surface area contributed by atoms with Gasteiger partial charge < -0.3 is 15.4 Å². The van der Waals surface area contributed by atoms with Crippen molar-refractivity contribution in [3.8, 4) is 0 Å². The molecule has 0 radical (unpaired) electrons. The predicted molar refractivity (Wildman–Crippen MR) is 79.2 cm³/mol. The second-order valence-corrected chi connectivity index (χ2v) is 4.23. The van der Waals surface area contributed by atoms with Crippen molar-refractivity contribution < 1.29 is 18.7 Å². The Hall–Kier alpha value is -2.96. The highest BCUT2D eigenvalue weighted by molar-refractivity contribution is 6.37. The Kier molecular flexibility index (Phi) is 5.02. The Balaban J connectivity index is 2.14. The summed E-state index contributed by atoms with van der Waals surface area (Å²) in [6.07, 6.45) is 2.95. The van der Waals surface area contributed by atoms with Crippen LogP contribution in [0.2, 0.25) is 0 Å². The lowest BCUT2D eigenvalue weighted by molar-refractivity contribution is -0.152. The van der Waals surface area contributed by atoms with E-state index in [1.807, 2.05) is 0 Å². The number of ether oxygens (including phenoxy) is 1. The lowest BCUT2D eigenvalue weighted by Gasteiger charge is -2.12. The Labute approximate surface area is 126 Å². The van der Waals surface area contributed by atoms with Crippen LogP contribution in [0.5, 0.6) is 0 Å². The van der Waals surface area contributed by atoms with Crippen LogP contribution >= 0.6 is 0 Å². The van der Waals surface area contributed by atoms with Crippen molar-refractivity contribution in [2.75, 3.05) is 17.2 Å². The normalized spacial score (nSPS) is 9.91. The zero-order chi connectivity index (χ0) is 15.9. The van der Waals surface area contributed by atoms with Crippen molar-refractivity contribution in [3.63, 3.8) is 0 Å². The van der Waals surface area contributed by atoms with E-state index >= 15 is 0 Å². The van der Waals surface area contributed by atoms with Gasteiger partial charge in [-0.3, -0.25) is 9.78 Å². The maximum atomic E-state index is 12.9. The number of amides is 1. The van der Waals surface area contributed by atoms with Gasteiger partial charge in [0.15, 0.2) is 0 Å². The molecule has 0 atom stereocenters. The molecule has 2 rings (SSSR count). The van der Waals surface area contributed by atoms with Crippen molar-refractivity contribution in [2.45, 2.75) is 6.92 Å². The third-order valence-electron chi connectivity index (χ3n) is 2.65. The number of carbonyl (C=O) groups excluding carboxylic acids is 2. The van der Waals surface area contributed by atoms with Crippen molar-refractivity contribution in [2.24, 2.45) is 0 Å². The number of halogens is 1. The molecule has 22 heavy (non-hydrogen) atoms. The number of anilines is 3. The van der Waals surface area contributed by atoms with E-state index in [1.54, 1.807) is 19.1 Å². The highest BCUT2D eigenvalue weighted by Crippen LogP contribution is 2.24. The zero-order valence-electron chi connectivity index (χ0n) is 11.8. The maximum absolute atomic E-state index is 12.9. The zero-order valence-corrected chi connectivity index (χ0v) is 11.8. The van der Waals surface area contributed by atoms with E-state index in [2.05, 4.69) is 20.4 Å². The summed E-state index contributed by atoms with van der Waals surface area (Å²) in [7, 11) is 0. The minimum absolute atomic E-state index is 0.114. The van der Waals surface area contributed by atoms with Gasteiger partial charge in [-0.15, -0.1) is 0 Å². The van der Waals surface area contributed by atoms with E-state index in [0.717, 1.165) is 0 Å². The van der Waals surface area contributed by atoms with E-state index in [9.17, 15) is 14.0 Å². The van der Waals surface area contributed by atoms with E-state index < -0.39 is 11.9 Å². The molecule has 0 aliphatic rings. The van der Waals surface area contributed by atoms with Gasteiger partial charge in [-0.05, 0) is 37.3 Å². The van der Waals surface area contributed by atoms with Crippen LogP contribution < -0.4 is 10.6 Å². The number of nitrogens with one attached hydrogen (secondary N) is 2. The molecule has 0 unspecified atom stereocenters. The minimum atomic E-state index is -0.966. The van der Waals surface area contributed by atoms with Crippen molar-refractivity contribution in [1.29, 1.82) is 0 Å². The number of hydrogen-bond acceptors (Lipinski definition) is 5. The average Bonchev–Trinajstić information content (AvgIpc) is 2.51. The van der Waals surface area contributed by atoms with Crippen LogP contribution in [0, 0.1) is 5.82 Å². The van der Waals surface area contributed by atoms with Crippen molar-refractivity contribution in [1.82, 2.24) is 4.98 Å². The summed E-state index contributed by atoms with van der Waals surface area (Å²) in [6, 6.07) is 7.21. The van der Waals surface area contributed by atoms with Crippen LogP contribution in [-0.4, -0.2) is 23.5 Å². The quantitative estimate of drug-likeness (QED) is 0.670. The van der Waals surface area contributed by atoms with Crippen LogP contribution in [-0.2, 0) is 14.3 Å². The van der Waals surface area contributed by atoms with Gasteiger partial charge in [-0.25, -0.2) is 9.18 Å². The molecule has 0 fully saturated rings. The molecular formula is C15H14FN3O3. The van der Waals surface area contributed by atoms with E-state index in [-0.39, 0.29) is 12.4 Å². The lowest BCUT2D eigenvalue weighted by Crippen LogP contribution is -2.25. The predicted octanol–water partition coefficient (Wildman–Crippen LogP) is 2.47. The van der Waals surface area contributed by atoms with Crippen LogP contribution in [0.1, 0.15) is 6.92 Å². The van der Waals surface area contributed by atoms with Gasteiger partial charge in [0.2, 0.25) is 0 Å². The third-order valence-corrected chi connectivity index (χ3v) is 2.65. The fourth-order valence-corrected chi connectivity index (χ4v) is 1.66. The van der Waals surface area contributed by atoms with Gasteiger partial charge in [-0.1, -0.05) is 0 Å². The molecular weight excluding hydrogens is 289 g/mol. The van der Waals surface area contributed by atoms with E-state index in [0.29, 0.717) is 17.1 Å². The summed E-state index contributed by atoms with van der Waals surface area (Å²) in [5.41, 5.74) is 1.44. The standard InChI is InChI=1S/C15H14FN3O3/c1-2-22-15(21)14(20)19-12-7-8-17-9-13(12)18-11-5-3-10(16)4-6-11/h3-9,18H,2H2,1H3,(H,17,19,20). The Morgan fingerprint density at radius 2 is 1.91 bits per heavy atom. The first-order chi connectivity index (χ1) is 10.6. The second kappa shape index (κ2) is 7.16. The first-order valence-corrected chi connectivity index (χ1v) is 6.55. The molecule has 1 amide bonds.